The third-order valence-corrected chi connectivity index (χ3v) is 5.95. The predicted molar refractivity (Wildman–Crippen MR) is 120 cm³/mol. The van der Waals surface area contributed by atoms with Gasteiger partial charge in [-0.05, 0) is 50.8 Å². The minimum Gasteiger partial charge on any atom is -0.458 e. The molecule has 4 rings (SSSR count). The van der Waals surface area contributed by atoms with Crippen LogP contribution in [0.25, 0.3) is 17.0 Å². The fraction of sp³-hybridized carbons (Fsp3) is 0.368. The molecule has 0 bridgehead atoms. The van der Waals surface area contributed by atoms with E-state index in [1.54, 1.807) is 16.3 Å². The number of carbonyl (C=O) groups excluding carboxylic acids is 1. The second-order valence-corrected chi connectivity index (χ2v) is 9.07. The molecule has 0 unspecified atom stereocenters. The van der Waals surface area contributed by atoms with Crippen LogP contribution in [0.4, 0.5) is 5.13 Å². The van der Waals surface area contributed by atoms with Crippen LogP contribution in [0.2, 0.25) is 0 Å². The Balaban J connectivity index is 1.53. The normalized spacial score (nSPS) is 11.4. The summed E-state index contributed by atoms with van der Waals surface area (Å²) in [6.07, 6.45) is 1.32. The molecule has 0 aliphatic rings. The van der Waals surface area contributed by atoms with Crippen molar-refractivity contribution in [2.24, 2.45) is 13.0 Å². The molecule has 1 amide bonds. The van der Waals surface area contributed by atoms with Crippen molar-refractivity contribution in [3.63, 3.8) is 0 Å². The van der Waals surface area contributed by atoms with Crippen molar-refractivity contribution in [2.45, 2.75) is 33.3 Å². The number of rotatable bonds is 8. The number of carbonyl (C=O) groups is 1. The third-order valence-electron chi connectivity index (χ3n) is 4.50. The lowest BCUT2D eigenvalue weighted by molar-refractivity contribution is -0.116. The fourth-order valence-electron chi connectivity index (χ4n) is 2.92. The summed E-state index contributed by atoms with van der Waals surface area (Å²) in [5.41, 5.74) is 2.23. The number of thiazole rings is 1. The molecule has 3 heterocycles. The number of aromatic nitrogens is 7. The summed E-state index contributed by atoms with van der Waals surface area (Å²) >= 11 is 4.89. The molecule has 0 aliphatic carbocycles. The molecule has 1 N–H and O–H groups in total. The second-order valence-electron chi connectivity index (χ2n) is 7.35. The van der Waals surface area contributed by atoms with Gasteiger partial charge in [-0.25, -0.2) is 14.2 Å². The fourth-order valence-corrected chi connectivity index (χ4v) is 4.07. The van der Waals surface area contributed by atoms with Crippen LogP contribution in [0.5, 0.6) is 6.01 Å². The number of halogens is 1. The van der Waals surface area contributed by atoms with Crippen LogP contribution in [0, 0.1) is 5.92 Å². The van der Waals surface area contributed by atoms with Gasteiger partial charge in [0.2, 0.25) is 5.91 Å². The Kier molecular flexibility index (Phi) is 6.28. The number of ether oxygens (including phenoxy) is 1. The van der Waals surface area contributed by atoms with Crippen LogP contribution in [-0.2, 0) is 18.4 Å². The van der Waals surface area contributed by atoms with Crippen LogP contribution in [0.1, 0.15) is 32.4 Å². The molecule has 0 atom stereocenters. The Labute approximate surface area is 190 Å². The first-order valence-corrected chi connectivity index (χ1v) is 11.4. The van der Waals surface area contributed by atoms with Gasteiger partial charge < -0.3 is 10.1 Å². The van der Waals surface area contributed by atoms with Crippen LogP contribution in [0.15, 0.2) is 28.1 Å². The van der Waals surface area contributed by atoms with E-state index in [-0.39, 0.29) is 12.5 Å². The number of fused-ring (bicyclic) bond motifs is 1. The number of para-hydroxylation sites is 1. The van der Waals surface area contributed by atoms with E-state index in [2.05, 4.69) is 60.6 Å². The Bertz CT molecular complexity index is 1210. The van der Waals surface area contributed by atoms with Crippen LogP contribution < -0.4 is 10.1 Å². The van der Waals surface area contributed by atoms with E-state index in [9.17, 15) is 4.79 Å². The van der Waals surface area contributed by atoms with Crippen molar-refractivity contribution >= 4 is 49.3 Å². The standard InChI is InChI=1S/C19H21BrN8O2S/c1-11(2)7-8-15(29)22-17-21-12(10-31-17)9-30-19-23-16-13(20)5-4-6-14(16)28(19)18-24-25-26-27(18)3/h4-6,10-11H,7-9H2,1-3H3,(H,21,22,29). The predicted octanol–water partition coefficient (Wildman–Crippen LogP) is 3.72. The summed E-state index contributed by atoms with van der Waals surface area (Å²) in [4.78, 5) is 21.1. The average Bonchev–Trinajstić information content (AvgIpc) is 3.43. The number of imidazole rings is 1. The molecule has 1 aromatic carbocycles. The maximum absolute atomic E-state index is 12.0. The van der Waals surface area contributed by atoms with Crippen LogP contribution >= 0.6 is 27.3 Å². The molecule has 4 aromatic rings. The quantitative estimate of drug-likeness (QED) is 0.388. The highest BCUT2D eigenvalue weighted by atomic mass is 79.9. The van der Waals surface area contributed by atoms with Gasteiger partial charge in [-0.15, -0.1) is 11.3 Å². The lowest BCUT2D eigenvalue weighted by Crippen LogP contribution is -2.12. The zero-order chi connectivity index (χ0) is 22.0. The van der Waals surface area contributed by atoms with E-state index in [1.807, 2.05) is 23.6 Å². The Hall–Kier alpha value is -2.86. The molecular formula is C19H21BrN8O2S. The van der Waals surface area contributed by atoms with Gasteiger partial charge in [0.25, 0.3) is 5.95 Å². The maximum Gasteiger partial charge on any atom is 0.305 e. The molecule has 31 heavy (non-hydrogen) atoms. The Morgan fingerprint density at radius 1 is 1.32 bits per heavy atom. The number of hydrogen-bond donors (Lipinski definition) is 1. The highest BCUT2D eigenvalue weighted by molar-refractivity contribution is 9.10. The van der Waals surface area contributed by atoms with Crippen molar-refractivity contribution < 1.29 is 9.53 Å². The Morgan fingerprint density at radius 3 is 2.90 bits per heavy atom. The van der Waals surface area contributed by atoms with E-state index < -0.39 is 0 Å². The van der Waals surface area contributed by atoms with Gasteiger partial charge >= 0.3 is 6.01 Å². The molecular weight excluding hydrogens is 484 g/mol. The van der Waals surface area contributed by atoms with Crippen molar-refractivity contribution in [3.8, 4) is 12.0 Å². The van der Waals surface area contributed by atoms with Gasteiger partial charge in [-0.2, -0.15) is 4.98 Å². The molecule has 3 aromatic heterocycles. The monoisotopic (exact) mass is 504 g/mol. The lowest BCUT2D eigenvalue weighted by atomic mass is 10.1. The molecule has 12 heteroatoms. The van der Waals surface area contributed by atoms with Crippen molar-refractivity contribution in [1.82, 2.24) is 34.7 Å². The molecule has 0 spiro atoms. The van der Waals surface area contributed by atoms with E-state index in [1.165, 1.54) is 11.3 Å². The molecule has 0 saturated carbocycles. The first-order valence-electron chi connectivity index (χ1n) is 9.69. The summed E-state index contributed by atoms with van der Waals surface area (Å²) in [6.45, 7) is 4.37. The number of nitrogens with zero attached hydrogens (tertiary/aromatic N) is 7. The van der Waals surface area contributed by atoms with Gasteiger partial charge in [0.15, 0.2) is 5.13 Å². The van der Waals surface area contributed by atoms with Crippen molar-refractivity contribution in [1.29, 1.82) is 0 Å². The topological polar surface area (TPSA) is 113 Å². The second kappa shape index (κ2) is 9.10. The van der Waals surface area contributed by atoms with Gasteiger partial charge in [-0.3, -0.25) is 4.79 Å². The molecule has 0 aliphatic heterocycles. The molecule has 10 nitrogen and oxygen atoms in total. The molecule has 162 valence electrons. The summed E-state index contributed by atoms with van der Waals surface area (Å²) < 4.78 is 10.1. The van der Waals surface area contributed by atoms with Crippen molar-refractivity contribution in [3.05, 3.63) is 33.7 Å². The third kappa shape index (κ3) is 4.74. The molecule has 0 saturated heterocycles. The zero-order valence-electron chi connectivity index (χ0n) is 17.2. The minimum absolute atomic E-state index is 0.0306. The smallest absolute Gasteiger partial charge is 0.305 e. The van der Waals surface area contributed by atoms with E-state index in [4.69, 9.17) is 4.74 Å². The lowest BCUT2D eigenvalue weighted by Gasteiger charge is -2.07. The number of aryl methyl sites for hydroxylation is 1. The summed E-state index contributed by atoms with van der Waals surface area (Å²) in [7, 11) is 1.75. The van der Waals surface area contributed by atoms with Gasteiger partial charge in [0, 0.05) is 23.3 Å². The largest absolute Gasteiger partial charge is 0.458 e. The van der Waals surface area contributed by atoms with E-state index in [0.717, 1.165) is 21.9 Å². The number of tetrazole rings is 1. The first-order chi connectivity index (χ1) is 14.9. The van der Waals surface area contributed by atoms with Gasteiger partial charge in [0.05, 0.1) is 11.2 Å². The first kappa shape index (κ1) is 21.4. The van der Waals surface area contributed by atoms with E-state index >= 15 is 0 Å². The zero-order valence-corrected chi connectivity index (χ0v) is 19.6. The number of amides is 1. The minimum atomic E-state index is -0.0306. The highest BCUT2D eigenvalue weighted by Crippen LogP contribution is 2.30. The Morgan fingerprint density at radius 2 is 2.16 bits per heavy atom. The maximum atomic E-state index is 12.0. The van der Waals surface area contributed by atoms with E-state index in [0.29, 0.717) is 35.1 Å². The number of hydrogen-bond acceptors (Lipinski definition) is 8. The highest BCUT2D eigenvalue weighted by Gasteiger charge is 2.20. The summed E-state index contributed by atoms with van der Waals surface area (Å²) in [5.74, 6) is 0.929. The van der Waals surface area contributed by atoms with Crippen LogP contribution in [0.3, 0.4) is 0 Å². The van der Waals surface area contributed by atoms with Gasteiger partial charge in [0.1, 0.15) is 12.1 Å². The van der Waals surface area contributed by atoms with Crippen LogP contribution in [-0.4, -0.2) is 40.6 Å². The number of nitrogens with one attached hydrogen (secondary N) is 1. The average molecular weight is 505 g/mol. The summed E-state index contributed by atoms with van der Waals surface area (Å²) in [5, 5.41) is 17.0. The van der Waals surface area contributed by atoms with Crippen molar-refractivity contribution in [2.75, 3.05) is 5.32 Å². The summed E-state index contributed by atoms with van der Waals surface area (Å²) in [6, 6.07) is 6.08. The molecule has 0 radical (unpaired) electrons. The SMILES string of the molecule is CC(C)CCC(=O)Nc1nc(COc2nc3c(Br)cccc3n2-c2nnnn2C)cs1. The number of benzene rings is 1. The number of anilines is 1. The molecule has 0 fully saturated rings. The van der Waals surface area contributed by atoms with Gasteiger partial charge in [-0.1, -0.05) is 25.0 Å².